The third-order valence-electron chi connectivity index (χ3n) is 5.12. The van der Waals surface area contributed by atoms with Crippen LogP contribution in [0.3, 0.4) is 0 Å². The lowest BCUT2D eigenvalue weighted by Gasteiger charge is -2.14. The first kappa shape index (κ1) is 21.0. The molecule has 0 saturated heterocycles. The van der Waals surface area contributed by atoms with Gasteiger partial charge < -0.3 is 10.1 Å². The standard InChI is InChI=1S/C27H23N3O2/c1-3-20-17-29-25(16-26(20)32-18-22-12-7-8-15-28-22)27(31)30-24-14-9-13-23(19(24)2)21-10-5-4-6-11-21/h3-17H,1,18H2,2H3,(H,30,31). The molecule has 0 bridgehead atoms. The number of nitrogens with zero attached hydrogens (tertiary/aromatic N) is 2. The molecule has 0 unspecified atom stereocenters. The molecule has 0 radical (unpaired) electrons. The van der Waals surface area contributed by atoms with Crippen LogP contribution in [0.2, 0.25) is 0 Å². The first-order chi connectivity index (χ1) is 15.7. The van der Waals surface area contributed by atoms with Crippen molar-refractivity contribution in [1.29, 1.82) is 0 Å². The van der Waals surface area contributed by atoms with Crippen molar-refractivity contribution in [3.63, 3.8) is 0 Å². The number of hydrogen-bond acceptors (Lipinski definition) is 4. The monoisotopic (exact) mass is 421 g/mol. The number of carbonyl (C=O) groups is 1. The smallest absolute Gasteiger partial charge is 0.274 e. The van der Waals surface area contributed by atoms with Gasteiger partial charge in [0.2, 0.25) is 0 Å². The van der Waals surface area contributed by atoms with Crippen molar-refractivity contribution in [2.45, 2.75) is 13.5 Å². The van der Waals surface area contributed by atoms with E-state index in [1.807, 2.05) is 61.5 Å². The van der Waals surface area contributed by atoms with Crippen molar-refractivity contribution in [3.8, 4) is 16.9 Å². The molecule has 1 amide bonds. The average Bonchev–Trinajstić information content (AvgIpc) is 2.85. The van der Waals surface area contributed by atoms with Gasteiger partial charge in [0, 0.05) is 29.7 Å². The third kappa shape index (κ3) is 4.73. The largest absolute Gasteiger partial charge is 0.487 e. The van der Waals surface area contributed by atoms with Crippen LogP contribution in [0, 0.1) is 6.92 Å². The number of benzene rings is 2. The summed E-state index contributed by atoms with van der Waals surface area (Å²) in [4.78, 5) is 21.5. The Hall–Kier alpha value is -4.25. The number of nitrogens with one attached hydrogen (secondary N) is 1. The number of carbonyl (C=O) groups excluding carboxylic acids is 1. The molecule has 2 heterocycles. The summed E-state index contributed by atoms with van der Waals surface area (Å²) in [5.74, 6) is 0.220. The lowest BCUT2D eigenvalue weighted by Crippen LogP contribution is -2.15. The minimum absolute atomic E-state index is 0.260. The summed E-state index contributed by atoms with van der Waals surface area (Å²) < 4.78 is 5.90. The predicted molar refractivity (Wildman–Crippen MR) is 127 cm³/mol. The molecule has 0 fully saturated rings. The number of hydrogen-bond donors (Lipinski definition) is 1. The van der Waals surface area contributed by atoms with Gasteiger partial charge in [-0.3, -0.25) is 14.8 Å². The number of anilines is 1. The van der Waals surface area contributed by atoms with E-state index < -0.39 is 0 Å². The van der Waals surface area contributed by atoms with Gasteiger partial charge >= 0.3 is 0 Å². The second-order valence-electron chi connectivity index (χ2n) is 7.22. The van der Waals surface area contributed by atoms with Gasteiger partial charge in [0.1, 0.15) is 18.1 Å². The molecule has 1 N–H and O–H groups in total. The van der Waals surface area contributed by atoms with E-state index in [1.54, 1.807) is 24.5 Å². The highest BCUT2D eigenvalue weighted by molar-refractivity contribution is 6.04. The van der Waals surface area contributed by atoms with Gasteiger partial charge in [-0.2, -0.15) is 0 Å². The molecule has 5 nitrogen and oxygen atoms in total. The van der Waals surface area contributed by atoms with Crippen molar-refractivity contribution >= 4 is 17.7 Å². The Labute approximate surface area is 187 Å². The van der Waals surface area contributed by atoms with Crippen LogP contribution in [-0.4, -0.2) is 15.9 Å². The Kier molecular flexibility index (Phi) is 6.37. The van der Waals surface area contributed by atoms with Crippen LogP contribution in [0.1, 0.15) is 27.3 Å². The van der Waals surface area contributed by atoms with Crippen molar-refractivity contribution in [1.82, 2.24) is 9.97 Å². The SMILES string of the molecule is C=Cc1cnc(C(=O)Nc2cccc(-c3ccccc3)c2C)cc1OCc1ccccn1. The maximum absolute atomic E-state index is 13.0. The van der Waals surface area contributed by atoms with Crippen molar-refractivity contribution < 1.29 is 9.53 Å². The van der Waals surface area contributed by atoms with Gasteiger partial charge in [0.25, 0.3) is 5.91 Å². The van der Waals surface area contributed by atoms with Crippen LogP contribution in [0.4, 0.5) is 5.69 Å². The van der Waals surface area contributed by atoms with Gasteiger partial charge in [-0.05, 0) is 41.8 Å². The normalized spacial score (nSPS) is 10.4. The highest BCUT2D eigenvalue weighted by Gasteiger charge is 2.14. The number of rotatable bonds is 7. The van der Waals surface area contributed by atoms with Gasteiger partial charge in [0.05, 0.1) is 5.69 Å². The molecule has 4 aromatic rings. The second kappa shape index (κ2) is 9.71. The Morgan fingerprint density at radius 2 is 1.84 bits per heavy atom. The van der Waals surface area contributed by atoms with E-state index in [0.29, 0.717) is 11.3 Å². The Morgan fingerprint density at radius 1 is 1.03 bits per heavy atom. The quantitative estimate of drug-likeness (QED) is 0.402. The van der Waals surface area contributed by atoms with E-state index in [-0.39, 0.29) is 18.2 Å². The Bertz CT molecular complexity index is 1240. The summed E-state index contributed by atoms with van der Waals surface area (Å²) in [7, 11) is 0. The zero-order valence-electron chi connectivity index (χ0n) is 17.8. The van der Waals surface area contributed by atoms with E-state index in [1.165, 1.54) is 0 Å². The molecule has 5 heteroatoms. The van der Waals surface area contributed by atoms with Gasteiger partial charge in [0.15, 0.2) is 0 Å². The third-order valence-corrected chi connectivity index (χ3v) is 5.12. The fourth-order valence-corrected chi connectivity index (χ4v) is 3.37. The summed E-state index contributed by atoms with van der Waals surface area (Å²) in [6.07, 6.45) is 4.95. The zero-order valence-corrected chi connectivity index (χ0v) is 17.8. The molecule has 0 spiro atoms. The summed E-state index contributed by atoms with van der Waals surface area (Å²) in [6.45, 7) is 6.08. The van der Waals surface area contributed by atoms with E-state index in [0.717, 1.165) is 28.1 Å². The minimum Gasteiger partial charge on any atom is -0.487 e. The molecular weight excluding hydrogens is 398 g/mol. The Balaban J connectivity index is 1.55. The summed E-state index contributed by atoms with van der Waals surface area (Å²) in [5.41, 5.74) is 5.65. The second-order valence-corrected chi connectivity index (χ2v) is 7.22. The van der Waals surface area contributed by atoms with Crippen molar-refractivity contribution in [2.75, 3.05) is 5.32 Å². The van der Waals surface area contributed by atoms with Crippen LogP contribution < -0.4 is 10.1 Å². The van der Waals surface area contributed by atoms with Crippen molar-refractivity contribution in [2.24, 2.45) is 0 Å². The van der Waals surface area contributed by atoms with Crippen LogP contribution in [0.25, 0.3) is 17.2 Å². The van der Waals surface area contributed by atoms with Crippen LogP contribution in [0.5, 0.6) is 5.75 Å². The molecule has 32 heavy (non-hydrogen) atoms. The fourth-order valence-electron chi connectivity index (χ4n) is 3.37. The van der Waals surface area contributed by atoms with Crippen LogP contribution in [-0.2, 0) is 6.61 Å². The number of aromatic nitrogens is 2. The van der Waals surface area contributed by atoms with E-state index in [9.17, 15) is 4.79 Å². The maximum atomic E-state index is 13.0. The lowest BCUT2D eigenvalue weighted by atomic mass is 9.99. The van der Waals surface area contributed by atoms with E-state index in [4.69, 9.17) is 4.74 Å². The summed E-state index contributed by atoms with van der Waals surface area (Å²) in [6, 6.07) is 23.2. The minimum atomic E-state index is -0.309. The molecule has 0 aliphatic heterocycles. The molecule has 2 aromatic heterocycles. The number of pyridine rings is 2. The highest BCUT2D eigenvalue weighted by atomic mass is 16.5. The highest BCUT2D eigenvalue weighted by Crippen LogP contribution is 2.29. The van der Waals surface area contributed by atoms with Gasteiger partial charge in [-0.25, -0.2) is 0 Å². The van der Waals surface area contributed by atoms with Crippen molar-refractivity contribution in [3.05, 3.63) is 114 Å². The van der Waals surface area contributed by atoms with Crippen LogP contribution >= 0.6 is 0 Å². The lowest BCUT2D eigenvalue weighted by molar-refractivity contribution is 0.102. The molecule has 158 valence electrons. The average molecular weight is 422 g/mol. The van der Waals surface area contributed by atoms with E-state index in [2.05, 4.69) is 34.0 Å². The first-order valence-corrected chi connectivity index (χ1v) is 10.3. The topological polar surface area (TPSA) is 64.1 Å². The first-order valence-electron chi connectivity index (χ1n) is 10.3. The van der Waals surface area contributed by atoms with Gasteiger partial charge in [-0.15, -0.1) is 0 Å². The molecule has 0 aliphatic rings. The van der Waals surface area contributed by atoms with E-state index >= 15 is 0 Å². The summed E-state index contributed by atoms with van der Waals surface area (Å²) in [5, 5.41) is 2.98. The molecule has 2 aromatic carbocycles. The molecule has 0 saturated carbocycles. The molecular formula is C27H23N3O2. The molecule has 0 atom stereocenters. The zero-order chi connectivity index (χ0) is 22.3. The molecule has 0 aliphatic carbocycles. The fraction of sp³-hybridized carbons (Fsp3) is 0.0741. The molecule has 4 rings (SSSR count). The maximum Gasteiger partial charge on any atom is 0.274 e. The van der Waals surface area contributed by atoms with Gasteiger partial charge in [-0.1, -0.05) is 61.2 Å². The summed E-state index contributed by atoms with van der Waals surface area (Å²) >= 11 is 0. The predicted octanol–water partition coefficient (Wildman–Crippen LogP) is 5.93. The number of amides is 1. The van der Waals surface area contributed by atoms with Crippen LogP contribution in [0.15, 0.2) is 91.8 Å². The Morgan fingerprint density at radius 3 is 2.59 bits per heavy atom. The number of ether oxygens (including phenoxy) is 1.